The summed E-state index contributed by atoms with van der Waals surface area (Å²) < 4.78 is 10.8. The van der Waals surface area contributed by atoms with Crippen molar-refractivity contribution < 1.29 is 23.5 Å². The van der Waals surface area contributed by atoms with Crippen LogP contribution < -0.4 is 0 Å². The molecule has 5 heteroatoms. The summed E-state index contributed by atoms with van der Waals surface area (Å²) in [6.07, 6.45) is -0.293. The first kappa shape index (κ1) is 19.2. The molecule has 108 valence electrons. The van der Waals surface area contributed by atoms with Crippen LogP contribution in [0.2, 0.25) is 0 Å². The molecule has 0 aliphatic rings. The van der Waals surface area contributed by atoms with Gasteiger partial charge < -0.3 is 14.0 Å². The predicted molar refractivity (Wildman–Crippen MR) is 71.0 cm³/mol. The quantitative estimate of drug-likeness (QED) is 0.539. The van der Waals surface area contributed by atoms with E-state index < -0.39 is 0 Å². The van der Waals surface area contributed by atoms with Crippen molar-refractivity contribution in [2.75, 3.05) is 27.2 Å². The van der Waals surface area contributed by atoms with E-state index in [1.54, 1.807) is 0 Å². The number of carbonyl (C=O) groups excluding carboxylic acids is 2. The summed E-state index contributed by atoms with van der Waals surface area (Å²) in [6, 6.07) is 0. The monoisotopic (exact) mass is 262 g/mol. The fraction of sp³-hybridized carbons (Fsp3) is 0.846. The molecule has 0 N–H and O–H groups in total. The Labute approximate surface area is 111 Å². The summed E-state index contributed by atoms with van der Waals surface area (Å²) >= 11 is 0. The van der Waals surface area contributed by atoms with Crippen molar-refractivity contribution in [2.45, 2.75) is 47.3 Å². The second-order valence-electron chi connectivity index (χ2n) is 5.14. The first-order valence-corrected chi connectivity index (χ1v) is 5.79. The average molecular weight is 262 g/mol. The number of rotatable bonds is 6. The molecule has 0 amide bonds. The van der Waals surface area contributed by atoms with Gasteiger partial charge in [-0.05, 0) is 13.8 Å². The summed E-state index contributed by atoms with van der Waals surface area (Å²) in [4.78, 5) is 21.6. The Morgan fingerprint density at radius 2 is 1.22 bits per heavy atom. The highest BCUT2D eigenvalue weighted by molar-refractivity contribution is 5.66. The van der Waals surface area contributed by atoms with Gasteiger partial charge >= 0.3 is 11.9 Å². The van der Waals surface area contributed by atoms with Crippen molar-refractivity contribution in [3.8, 4) is 0 Å². The summed E-state index contributed by atoms with van der Waals surface area (Å²) in [5, 5.41) is 0. The molecule has 5 nitrogen and oxygen atoms in total. The maximum Gasteiger partial charge on any atom is 0.303 e. The summed E-state index contributed by atoms with van der Waals surface area (Å²) in [5.74, 6) is -0.545. The number of carbonyl (C=O) groups is 2. The van der Waals surface area contributed by atoms with E-state index in [-0.39, 0.29) is 31.6 Å². The molecule has 0 spiro atoms. The van der Waals surface area contributed by atoms with Gasteiger partial charge in [0, 0.05) is 13.8 Å². The Hall–Kier alpha value is -1.10. The van der Waals surface area contributed by atoms with Crippen LogP contribution in [0.25, 0.3) is 0 Å². The molecule has 2 unspecified atom stereocenters. The molecule has 0 rings (SSSR count). The van der Waals surface area contributed by atoms with Gasteiger partial charge in [0.2, 0.25) is 0 Å². The molecule has 0 aromatic heterocycles. The second-order valence-corrected chi connectivity index (χ2v) is 5.14. The minimum Gasteiger partial charge on any atom is -0.457 e. The maximum absolute atomic E-state index is 10.8. The fourth-order valence-corrected chi connectivity index (χ4v) is 2.11. The fourth-order valence-electron chi connectivity index (χ4n) is 2.11. The lowest BCUT2D eigenvalue weighted by Gasteiger charge is -2.33. The average Bonchev–Trinajstić information content (AvgIpc) is 1.95. The molecule has 0 saturated carbocycles. The minimum atomic E-state index is -0.273. The Bertz CT molecular complexity index is 250. The Balaban J connectivity index is 0. The molecule has 0 aromatic carbocycles. The third-order valence-electron chi connectivity index (χ3n) is 2.24. The van der Waals surface area contributed by atoms with Crippen LogP contribution in [0.15, 0.2) is 0 Å². The number of esters is 2. The highest BCUT2D eigenvalue weighted by Gasteiger charge is 2.24. The molecule has 0 bridgehead atoms. The SMILES string of the molecule is C.CC(=O)OC(C)C[N+](C)(C)CC(C)OC(C)=O. The van der Waals surface area contributed by atoms with E-state index >= 15 is 0 Å². The molecular formula is C13H28NO4+. The van der Waals surface area contributed by atoms with Crippen LogP contribution in [0.3, 0.4) is 0 Å². The number of hydrogen-bond donors (Lipinski definition) is 0. The molecule has 0 saturated heterocycles. The zero-order valence-electron chi connectivity index (χ0n) is 11.6. The van der Waals surface area contributed by atoms with Gasteiger partial charge in [-0.3, -0.25) is 9.59 Å². The Morgan fingerprint density at radius 1 is 0.944 bits per heavy atom. The van der Waals surface area contributed by atoms with Gasteiger partial charge in [-0.15, -0.1) is 0 Å². The van der Waals surface area contributed by atoms with E-state index in [2.05, 4.69) is 0 Å². The van der Waals surface area contributed by atoms with Gasteiger partial charge in [0.25, 0.3) is 0 Å². The van der Waals surface area contributed by atoms with Crippen LogP contribution in [0.5, 0.6) is 0 Å². The van der Waals surface area contributed by atoms with Gasteiger partial charge in [0.1, 0.15) is 25.3 Å². The molecule has 0 heterocycles. The van der Waals surface area contributed by atoms with Crippen molar-refractivity contribution in [1.82, 2.24) is 0 Å². The smallest absolute Gasteiger partial charge is 0.303 e. The third-order valence-corrected chi connectivity index (χ3v) is 2.24. The third kappa shape index (κ3) is 10.1. The van der Waals surface area contributed by atoms with Crippen molar-refractivity contribution in [1.29, 1.82) is 0 Å². The zero-order valence-corrected chi connectivity index (χ0v) is 11.6. The van der Waals surface area contributed by atoms with Crippen molar-refractivity contribution in [2.24, 2.45) is 0 Å². The summed E-state index contributed by atoms with van der Waals surface area (Å²) in [6.45, 7) is 7.89. The highest BCUT2D eigenvalue weighted by atomic mass is 16.5. The van der Waals surface area contributed by atoms with Crippen LogP contribution >= 0.6 is 0 Å². The van der Waals surface area contributed by atoms with E-state index in [9.17, 15) is 9.59 Å². The summed E-state index contributed by atoms with van der Waals surface area (Å²) in [5.41, 5.74) is 0. The van der Waals surface area contributed by atoms with Crippen LogP contribution in [0.1, 0.15) is 35.1 Å². The minimum absolute atomic E-state index is 0. The summed E-state index contributed by atoms with van der Waals surface area (Å²) in [7, 11) is 4.03. The Morgan fingerprint density at radius 3 is 1.44 bits per heavy atom. The molecule has 0 radical (unpaired) electrons. The molecule has 2 atom stereocenters. The number of nitrogens with zero attached hydrogens (tertiary/aromatic N) is 1. The number of likely N-dealkylation sites (N-methyl/N-ethyl adjacent to an activating group) is 1. The van der Waals surface area contributed by atoms with Gasteiger partial charge in [0.15, 0.2) is 0 Å². The van der Waals surface area contributed by atoms with Crippen molar-refractivity contribution in [3.63, 3.8) is 0 Å². The van der Waals surface area contributed by atoms with Crippen molar-refractivity contribution >= 4 is 11.9 Å². The van der Waals surface area contributed by atoms with Gasteiger partial charge in [0.05, 0.1) is 14.1 Å². The molecule has 0 aliphatic heterocycles. The highest BCUT2D eigenvalue weighted by Crippen LogP contribution is 2.07. The lowest BCUT2D eigenvalue weighted by molar-refractivity contribution is -0.895. The van der Waals surface area contributed by atoms with Crippen LogP contribution in [0, 0.1) is 0 Å². The molecule has 0 aliphatic carbocycles. The number of quaternary nitrogens is 1. The lowest BCUT2D eigenvalue weighted by Crippen LogP contribution is -2.49. The van der Waals surface area contributed by atoms with E-state index in [0.717, 1.165) is 0 Å². The van der Waals surface area contributed by atoms with Crippen LogP contribution in [-0.4, -0.2) is 55.8 Å². The molecule has 0 aromatic rings. The maximum atomic E-state index is 10.8. The Kier molecular flexibility index (Phi) is 8.64. The van der Waals surface area contributed by atoms with Gasteiger partial charge in [-0.25, -0.2) is 0 Å². The number of hydrogen-bond acceptors (Lipinski definition) is 4. The number of ether oxygens (including phenoxy) is 2. The van der Waals surface area contributed by atoms with Crippen LogP contribution in [-0.2, 0) is 19.1 Å². The normalized spacial score (nSPS) is 14.1. The van der Waals surface area contributed by atoms with Crippen LogP contribution in [0.4, 0.5) is 0 Å². The molecular weight excluding hydrogens is 234 g/mol. The first-order valence-electron chi connectivity index (χ1n) is 5.79. The van der Waals surface area contributed by atoms with Gasteiger partial charge in [-0.1, -0.05) is 7.43 Å². The van der Waals surface area contributed by atoms with E-state index in [1.807, 2.05) is 27.9 Å². The topological polar surface area (TPSA) is 52.6 Å². The first-order chi connectivity index (χ1) is 7.62. The predicted octanol–water partition coefficient (Wildman–Crippen LogP) is 1.60. The molecule has 18 heavy (non-hydrogen) atoms. The zero-order chi connectivity index (χ0) is 13.6. The van der Waals surface area contributed by atoms with E-state index in [1.165, 1.54) is 13.8 Å². The molecule has 0 fully saturated rings. The van der Waals surface area contributed by atoms with Gasteiger partial charge in [-0.2, -0.15) is 0 Å². The lowest BCUT2D eigenvalue weighted by atomic mass is 10.2. The van der Waals surface area contributed by atoms with E-state index in [4.69, 9.17) is 9.47 Å². The second kappa shape index (κ2) is 8.08. The standard InChI is InChI=1S/C12H24NO4.CH4/c1-9(16-11(3)14)7-13(5,6)8-10(2)17-12(4)15;/h9-10H,7-8H2,1-6H3;1H4/q+1;. The largest absolute Gasteiger partial charge is 0.457 e. The van der Waals surface area contributed by atoms with E-state index in [0.29, 0.717) is 17.6 Å². The van der Waals surface area contributed by atoms with Crippen molar-refractivity contribution in [3.05, 3.63) is 0 Å².